The van der Waals surface area contributed by atoms with Crippen LogP contribution in [0.3, 0.4) is 0 Å². The number of piperazine rings is 1. The monoisotopic (exact) mass is 459 g/mol. The number of benzene rings is 2. The van der Waals surface area contributed by atoms with Gasteiger partial charge in [-0.05, 0) is 42.6 Å². The minimum Gasteiger partial charge on any atom is -0.339 e. The fourth-order valence-electron chi connectivity index (χ4n) is 3.74. The number of hydrogen-bond acceptors (Lipinski definition) is 4. The van der Waals surface area contributed by atoms with Crippen LogP contribution in [0.1, 0.15) is 17.3 Å². The first-order valence-corrected chi connectivity index (χ1v) is 11.7. The van der Waals surface area contributed by atoms with E-state index in [1.54, 1.807) is 17.0 Å². The Hall–Kier alpha value is -2.68. The molecular formula is C22H22ClN3O4S. The molecule has 1 aliphatic heterocycles. The third kappa shape index (κ3) is 4.37. The second-order valence-electron chi connectivity index (χ2n) is 7.52. The lowest BCUT2D eigenvalue weighted by Crippen LogP contribution is -2.51. The summed E-state index contributed by atoms with van der Waals surface area (Å²) in [6, 6.07) is 13.5. The molecule has 0 aliphatic carbocycles. The summed E-state index contributed by atoms with van der Waals surface area (Å²) in [6.45, 7) is 2.59. The van der Waals surface area contributed by atoms with E-state index in [9.17, 15) is 18.0 Å². The first-order chi connectivity index (χ1) is 14.8. The van der Waals surface area contributed by atoms with Crippen LogP contribution < -0.4 is 0 Å². The molecule has 2 aromatic carbocycles. The summed E-state index contributed by atoms with van der Waals surface area (Å²) in [5.74, 6) is -0.264. The van der Waals surface area contributed by atoms with Gasteiger partial charge in [0.1, 0.15) is 6.54 Å². The zero-order valence-electron chi connectivity index (χ0n) is 17.0. The van der Waals surface area contributed by atoms with Gasteiger partial charge in [0, 0.05) is 48.5 Å². The largest absolute Gasteiger partial charge is 0.339 e. The molecule has 3 aromatic rings. The minimum absolute atomic E-state index is 0.0758. The van der Waals surface area contributed by atoms with Crippen LogP contribution in [-0.4, -0.2) is 60.1 Å². The van der Waals surface area contributed by atoms with E-state index in [0.29, 0.717) is 23.7 Å². The molecule has 162 valence electrons. The van der Waals surface area contributed by atoms with Gasteiger partial charge in [-0.15, -0.1) is 0 Å². The number of carbonyl (C=O) groups is 2. The maximum Gasteiger partial charge on any atom is 0.243 e. The lowest BCUT2D eigenvalue weighted by atomic mass is 10.2. The number of nitrogens with zero attached hydrogens (tertiary/aromatic N) is 3. The van der Waals surface area contributed by atoms with Gasteiger partial charge in [0.15, 0.2) is 5.78 Å². The van der Waals surface area contributed by atoms with Crippen molar-refractivity contribution in [1.29, 1.82) is 0 Å². The van der Waals surface area contributed by atoms with Gasteiger partial charge in [0.05, 0.1) is 4.90 Å². The molecule has 1 saturated heterocycles. The first-order valence-electron chi connectivity index (χ1n) is 9.89. The lowest BCUT2D eigenvalue weighted by Gasteiger charge is -2.34. The van der Waals surface area contributed by atoms with Crippen molar-refractivity contribution in [3.05, 3.63) is 65.3 Å². The second-order valence-corrected chi connectivity index (χ2v) is 9.89. The summed E-state index contributed by atoms with van der Waals surface area (Å²) in [7, 11) is -3.73. The summed E-state index contributed by atoms with van der Waals surface area (Å²) < 4.78 is 29.1. The Kier molecular flexibility index (Phi) is 5.88. The molecule has 31 heavy (non-hydrogen) atoms. The molecule has 0 spiro atoms. The van der Waals surface area contributed by atoms with Gasteiger partial charge in [-0.25, -0.2) is 8.42 Å². The second kappa shape index (κ2) is 8.45. The van der Waals surface area contributed by atoms with E-state index in [0.717, 1.165) is 10.9 Å². The zero-order chi connectivity index (χ0) is 22.2. The summed E-state index contributed by atoms with van der Waals surface area (Å²) in [4.78, 5) is 26.2. The fraction of sp³-hybridized carbons (Fsp3) is 0.273. The standard InChI is InChI=1S/C22H22ClN3O4S/c1-16(27)18-3-2-4-20(13-18)31(29,30)26-11-9-24(10-12-26)22(28)15-25-8-7-17-5-6-19(23)14-21(17)25/h2-8,13-14H,9-12,15H2,1H3. The normalized spacial score (nSPS) is 15.4. The number of sulfonamides is 1. The van der Waals surface area contributed by atoms with Gasteiger partial charge in [-0.1, -0.05) is 29.8 Å². The summed E-state index contributed by atoms with van der Waals surface area (Å²) >= 11 is 6.08. The Morgan fingerprint density at radius 3 is 2.45 bits per heavy atom. The zero-order valence-corrected chi connectivity index (χ0v) is 18.6. The molecule has 9 heteroatoms. The number of fused-ring (bicyclic) bond motifs is 1. The van der Waals surface area contributed by atoms with E-state index in [1.807, 2.05) is 35.0 Å². The van der Waals surface area contributed by atoms with Crippen LogP contribution in [0, 0.1) is 0 Å². The van der Waals surface area contributed by atoms with Crippen LogP contribution in [0.4, 0.5) is 0 Å². The molecule has 0 radical (unpaired) electrons. The van der Waals surface area contributed by atoms with Crippen LogP contribution in [0.5, 0.6) is 0 Å². The minimum atomic E-state index is -3.73. The van der Waals surface area contributed by atoms with Crippen molar-refractivity contribution in [3.63, 3.8) is 0 Å². The number of carbonyl (C=O) groups excluding carboxylic acids is 2. The topological polar surface area (TPSA) is 79.7 Å². The molecular weight excluding hydrogens is 438 g/mol. The quantitative estimate of drug-likeness (QED) is 0.549. The summed E-state index contributed by atoms with van der Waals surface area (Å²) in [6.07, 6.45) is 1.85. The van der Waals surface area contributed by atoms with Crippen molar-refractivity contribution < 1.29 is 18.0 Å². The summed E-state index contributed by atoms with van der Waals surface area (Å²) in [5.41, 5.74) is 1.24. The molecule has 1 aromatic heterocycles. The van der Waals surface area contributed by atoms with Crippen LogP contribution in [0.15, 0.2) is 59.6 Å². The van der Waals surface area contributed by atoms with Gasteiger partial charge >= 0.3 is 0 Å². The average Bonchev–Trinajstić information content (AvgIpc) is 3.15. The van der Waals surface area contributed by atoms with Gasteiger partial charge in [-0.3, -0.25) is 9.59 Å². The van der Waals surface area contributed by atoms with Gasteiger partial charge in [0.2, 0.25) is 15.9 Å². The molecule has 1 fully saturated rings. The maximum atomic E-state index is 13.0. The van der Waals surface area contributed by atoms with Gasteiger partial charge < -0.3 is 9.47 Å². The van der Waals surface area contributed by atoms with Crippen LogP contribution >= 0.6 is 11.6 Å². The molecule has 0 N–H and O–H groups in total. The van der Waals surface area contributed by atoms with Crippen molar-refractivity contribution in [1.82, 2.24) is 13.8 Å². The third-order valence-electron chi connectivity index (χ3n) is 5.51. The molecule has 2 heterocycles. The van der Waals surface area contributed by atoms with Crippen LogP contribution in [-0.2, 0) is 21.4 Å². The van der Waals surface area contributed by atoms with E-state index < -0.39 is 10.0 Å². The number of amides is 1. The summed E-state index contributed by atoms with van der Waals surface area (Å²) in [5, 5.41) is 1.61. The molecule has 0 saturated carbocycles. The maximum absolute atomic E-state index is 13.0. The Morgan fingerprint density at radius 1 is 1.00 bits per heavy atom. The fourth-order valence-corrected chi connectivity index (χ4v) is 5.38. The Balaban J connectivity index is 1.43. The molecule has 0 atom stereocenters. The number of ketones is 1. The van der Waals surface area contributed by atoms with E-state index in [1.165, 1.54) is 23.4 Å². The number of hydrogen-bond donors (Lipinski definition) is 0. The van der Waals surface area contributed by atoms with Crippen molar-refractivity contribution in [3.8, 4) is 0 Å². The van der Waals surface area contributed by atoms with Gasteiger partial charge in [0.25, 0.3) is 0 Å². The number of Topliss-reactive ketones (excluding diaryl/α,β-unsaturated/α-hetero) is 1. The van der Waals surface area contributed by atoms with E-state index >= 15 is 0 Å². The average molecular weight is 460 g/mol. The molecule has 1 amide bonds. The highest BCUT2D eigenvalue weighted by atomic mass is 35.5. The molecule has 1 aliphatic rings. The highest BCUT2D eigenvalue weighted by molar-refractivity contribution is 7.89. The highest BCUT2D eigenvalue weighted by Crippen LogP contribution is 2.22. The molecule has 0 unspecified atom stereocenters. The van der Waals surface area contributed by atoms with Gasteiger partial charge in [-0.2, -0.15) is 4.31 Å². The van der Waals surface area contributed by atoms with E-state index in [2.05, 4.69) is 0 Å². The van der Waals surface area contributed by atoms with Crippen molar-refractivity contribution in [2.75, 3.05) is 26.2 Å². The predicted molar refractivity (Wildman–Crippen MR) is 119 cm³/mol. The third-order valence-corrected chi connectivity index (χ3v) is 7.64. The predicted octanol–water partition coefficient (Wildman–Crippen LogP) is 3.03. The number of aromatic nitrogens is 1. The molecule has 0 bridgehead atoms. The lowest BCUT2D eigenvalue weighted by molar-refractivity contribution is -0.132. The van der Waals surface area contributed by atoms with E-state index in [-0.39, 0.29) is 36.2 Å². The van der Waals surface area contributed by atoms with Crippen molar-refractivity contribution in [2.45, 2.75) is 18.4 Å². The molecule has 7 nitrogen and oxygen atoms in total. The Labute approximate surface area is 185 Å². The SMILES string of the molecule is CC(=O)c1cccc(S(=O)(=O)N2CCN(C(=O)Cn3ccc4ccc(Cl)cc43)CC2)c1. The first kappa shape index (κ1) is 21.5. The highest BCUT2D eigenvalue weighted by Gasteiger charge is 2.30. The number of halogens is 1. The van der Waals surface area contributed by atoms with Crippen LogP contribution in [0.2, 0.25) is 5.02 Å². The number of rotatable bonds is 5. The Bertz CT molecular complexity index is 1260. The van der Waals surface area contributed by atoms with Crippen LogP contribution in [0.25, 0.3) is 10.9 Å². The van der Waals surface area contributed by atoms with Crippen molar-refractivity contribution in [2.24, 2.45) is 0 Å². The van der Waals surface area contributed by atoms with E-state index in [4.69, 9.17) is 11.6 Å². The smallest absolute Gasteiger partial charge is 0.243 e. The van der Waals surface area contributed by atoms with Crippen molar-refractivity contribution >= 4 is 44.2 Å². The Morgan fingerprint density at radius 2 is 1.74 bits per heavy atom. The molecule has 4 rings (SSSR count).